The molecule has 0 aromatic heterocycles. The molecule has 1 aromatic rings. The van der Waals surface area contributed by atoms with Gasteiger partial charge in [0.25, 0.3) is 0 Å². The summed E-state index contributed by atoms with van der Waals surface area (Å²) in [6, 6.07) is 7.39. The Bertz CT molecular complexity index is 402. The number of fused-ring (bicyclic) bond motifs is 1. The molecular weight excluding hydrogens is 248 g/mol. The molecule has 1 fully saturated rings. The molecule has 0 bridgehead atoms. The van der Waals surface area contributed by atoms with Gasteiger partial charge in [0.2, 0.25) is 0 Å². The van der Waals surface area contributed by atoms with Crippen LogP contribution in [0.25, 0.3) is 0 Å². The maximum Gasteiger partial charge on any atom is 0.0690 e. The second-order valence-electron chi connectivity index (χ2n) is 4.78. The Morgan fingerprint density at radius 3 is 2.82 bits per heavy atom. The topological polar surface area (TPSA) is 29.3 Å². The standard InChI is InChI=1S/C13H18N2S2/c14-17-11-6-7-12-13(8-11)16-9-15(12)10-4-2-1-3-5-10/h6-8,10H,1-5,9,14H2. The van der Waals surface area contributed by atoms with Crippen molar-refractivity contribution in [3.63, 3.8) is 0 Å². The van der Waals surface area contributed by atoms with Crippen molar-refractivity contribution in [1.29, 1.82) is 0 Å². The lowest BCUT2D eigenvalue weighted by Gasteiger charge is -2.32. The fourth-order valence-corrected chi connectivity index (χ4v) is 4.40. The van der Waals surface area contributed by atoms with Crippen LogP contribution in [-0.4, -0.2) is 11.9 Å². The molecular formula is C13H18N2S2. The first kappa shape index (κ1) is 11.8. The van der Waals surface area contributed by atoms with E-state index < -0.39 is 0 Å². The summed E-state index contributed by atoms with van der Waals surface area (Å²) in [5.74, 6) is 1.12. The van der Waals surface area contributed by atoms with E-state index in [4.69, 9.17) is 5.14 Å². The molecule has 1 aliphatic heterocycles. The number of nitrogens with zero attached hydrogens (tertiary/aromatic N) is 1. The molecule has 0 amide bonds. The SMILES string of the molecule is NSc1ccc2c(c1)SCN2C1CCCCC1. The van der Waals surface area contributed by atoms with Crippen molar-refractivity contribution in [2.45, 2.75) is 47.9 Å². The highest BCUT2D eigenvalue weighted by atomic mass is 32.2. The average molecular weight is 266 g/mol. The Morgan fingerprint density at radius 2 is 2.06 bits per heavy atom. The molecule has 1 aromatic carbocycles. The Labute approximate surface area is 111 Å². The second-order valence-corrected chi connectivity index (χ2v) is 6.48. The molecule has 1 heterocycles. The Kier molecular flexibility index (Phi) is 3.54. The third kappa shape index (κ3) is 2.30. The van der Waals surface area contributed by atoms with Crippen molar-refractivity contribution in [3.8, 4) is 0 Å². The molecule has 1 aliphatic carbocycles. The van der Waals surface area contributed by atoms with Gasteiger partial charge in [-0.15, -0.1) is 11.8 Å². The van der Waals surface area contributed by atoms with Gasteiger partial charge in [-0.25, -0.2) is 0 Å². The fraction of sp³-hybridized carbons (Fsp3) is 0.538. The molecule has 0 saturated heterocycles. The van der Waals surface area contributed by atoms with Crippen LogP contribution >= 0.6 is 23.7 Å². The van der Waals surface area contributed by atoms with E-state index in [1.54, 1.807) is 0 Å². The highest BCUT2D eigenvalue weighted by Crippen LogP contribution is 2.43. The number of nitrogens with two attached hydrogens (primary N) is 1. The van der Waals surface area contributed by atoms with E-state index >= 15 is 0 Å². The summed E-state index contributed by atoms with van der Waals surface area (Å²) in [4.78, 5) is 5.18. The van der Waals surface area contributed by atoms with Crippen molar-refractivity contribution in [3.05, 3.63) is 18.2 Å². The van der Waals surface area contributed by atoms with Crippen molar-refractivity contribution < 1.29 is 0 Å². The Hall–Kier alpha value is -0.320. The summed E-state index contributed by atoms with van der Waals surface area (Å²) >= 11 is 3.30. The minimum atomic E-state index is 0.772. The van der Waals surface area contributed by atoms with Gasteiger partial charge in [-0.3, -0.25) is 5.14 Å². The van der Waals surface area contributed by atoms with Crippen LogP contribution in [-0.2, 0) is 0 Å². The van der Waals surface area contributed by atoms with Gasteiger partial charge in [0, 0.05) is 15.8 Å². The lowest BCUT2D eigenvalue weighted by atomic mass is 9.94. The zero-order valence-electron chi connectivity index (χ0n) is 9.89. The molecule has 2 aliphatic rings. The minimum absolute atomic E-state index is 0.772. The average Bonchev–Trinajstić information content (AvgIpc) is 2.82. The summed E-state index contributed by atoms with van der Waals surface area (Å²) in [6.45, 7) is 0. The molecule has 92 valence electrons. The van der Waals surface area contributed by atoms with E-state index in [0.29, 0.717) is 0 Å². The lowest BCUT2D eigenvalue weighted by Crippen LogP contribution is -2.34. The van der Waals surface area contributed by atoms with Gasteiger partial charge in [0.05, 0.1) is 11.6 Å². The zero-order valence-corrected chi connectivity index (χ0v) is 11.5. The van der Waals surface area contributed by atoms with Gasteiger partial charge in [-0.1, -0.05) is 19.3 Å². The van der Waals surface area contributed by atoms with Crippen LogP contribution < -0.4 is 10.0 Å². The van der Waals surface area contributed by atoms with Crippen LogP contribution in [0.4, 0.5) is 5.69 Å². The van der Waals surface area contributed by atoms with Crippen molar-refractivity contribution >= 4 is 29.4 Å². The monoisotopic (exact) mass is 266 g/mol. The van der Waals surface area contributed by atoms with E-state index in [-0.39, 0.29) is 0 Å². The van der Waals surface area contributed by atoms with E-state index in [0.717, 1.165) is 11.9 Å². The third-order valence-electron chi connectivity index (χ3n) is 3.75. The molecule has 0 radical (unpaired) electrons. The third-order valence-corrected chi connectivity index (χ3v) is 5.32. The molecule has 0 spiro atoms. The molecule has 2 nitrogen and oxygen atoms in total. The van der Waals surface area contributed by atoms with Crippen molar-refractivity contribution in [1.82, 2.24) is 0 Å². The molecule has 0 unspecified atom stereocenters. The first-order chi connectivity index (χ1) is 8.38. The maximum atomic E-state index is 5.62. The molecule has 4 heteroatoms. The summed E-state index contributed by atoms with van der Waals surface area (Å²) in [6.07, 6.45) is 6.96. The molecule has 0 atom stereocenters. The largest absolute Gasteiger partial charge is 0.358 e. The molecule has 3 rings (SSSR count). The minimum Gasteiger partial charge on any atom is -0.358 e. The summed E-state index contributed by atoms with van der Waals surface area (Å²) in [5.41, 5.74) is 1.43. The first-order valence-corrected chi connectivity index (χ1v) is 8.15. The predicted molar refractivity (Wildman–Crippen MR) is 76.6 cm³/mol. The summed E-state index contributed by atoms with van der Waals surface area (Å²) in [7, 11) is 0. The number of benzene rings is 1. The van der Waals surface area contributed by atoms with Gasteiger partial charge in [0.15, 0.2) is 0 Å². The van der Waals surface area contributed by atoms with E-state index in [1.165, 1.54) is 59.5 Å². The summed E-state index contributed by atoms with van der Waals surface area (Å²) < 4.78 is 0. The summed E-state index contributed by atoms with van der Waals surface area (Å²) in [5, 5.41) is 5.62. The van der Waals surface area contributed by atoms with Gasteiger partial charge in [0.1, 0.15) is 0 Å². The van der Waals surface area contributed by atoms with Crippen LogP contribution in [0.5, 0.6) is 0 Å². The fourth-order valence-electron chi connectivity index (χ4n) is 2.82. The molecule has 1 saturated carbocycles. The normalized spacial score (nSPS) is 20.6. The quantitative estimate of drug-likeness (QED) is 0.823. The first-order valence-electron chi connectivity index (χ1n) is 6.29. The van der Waals surface area contributed by atoms with Crippen LogP contribution in [0.3, 0.4) is 0 Å². The Balaban J connectivity index is 1.82. The number of thioether (sulfide) groups is 1. The highest BCUT2D eigenvalue weighted by Gasteiger charge is 2.27. The van der Waals surface area contributed by atoms with E-state index in [9.17, 15) is 0 Å². The van der Waals surface area contributed by atoms with Crippen molar-refractivity contribution in [2.24, 2.45) is 5.14 Å². The smallest absolute Gasteiger partial charge is 0.0690 e. The van der Waals surface area contributed by atoms with Crippen LogP contribution in [0.15, 0.2) is 28.0 Å². The van der Waals surface area contributed by atoms with Crippen LogP contribution in [0, 0.1) is 0 Å². The van der Waals surface area contributed by atoms with E-state index in [2.05, 4.69) is 23.1 Å². The van der Waals surface area contributed by atoms with Crippen LogP contribution in [0.1, 0.15) is 32.1 Å². The zero-order chi connectivity index (χ0) is 11.7. The Morgan fingerprint density at radius 1 is 1.24 bits per heavy atom. The second kappa shape index (κ2) is 5.12. The number of hydrogen-bond donors (Lipinski definition) is 1. The van der Waals surface area contributed by atoms with Gasteiger partial charge in [-0.05, 0) is 43.0 Å². The lowest BCUT2D eigenvalue weighted by molar-refractivity contribution is 0.426. The van der Waals surface area contributed by atoms with Gasteiger partial charge >= 0.3 is 0 Å². The van der Waals surface area contributed by atoms with Crippen LogP contribution in [0.2, 0.25) is 0 Å². The molecule has 2 N–H and O–H groups in total. The van der Waals surface area contributed by atoms with Crippen molar-refractivity contribution in [2.75, 3.05) is 10.8 Å². The molecule has 17 heavy (non-hydrogen) atoms. The van der Waals surface area contributed by atoms with Gasteiger partial charge in [-0.2, -0.15) is 0 Å². The number of anilines is 1. The predicted octanol–water partition coefficient (Wildman–Crippen LogP) is 3.85. The van der Waals surface area contributed by atoms with Gasteiger partial charge < -0.3 is 4.90 Å². The maximum absolute atomic E-state index is 5.62. The van der Waals surface area contributed by atoms with E-state index in [1.807, 2.05) is 11.8 Å². The number of hydrogen-bond acceptors (Lipinski definition) is 4. The number of rotatable bonds is 2. The highest BCUT2D eigenvalue weighted by molar-refractivity contribution is 8.00.